The maximum atomic E-state index is 11.7. The van der Waals surface area contributed by atoms with Gasteiger partial charge in [0.2, 0.25) is 5.91 Å². The molecule has 1 fully saturated rings. The van der Waals surface area contributed by atoms with Gasteiger partial charge in [-0.15, -0.1) is 0 Å². The van der Waals surface area contributed by atoms with Crippen LogP contribution >= 0.6 is 0 Å². The SMILES string of the molecule is CN1CCC(N(C)Cc2n[nH]c(=O)[nH]2)C1=O. The van der Waals surface area contributed by atoms with Gasteiger partial charge >= 0.3 is 5.69 Å². The van der Waals surface area contributed by atoms with E-state index in [1.54, 1.807) is 11.9 Å². The fraction of sp³-hybridized carbons (Fsp3) is 0.667. The second kappa shape index (κ2) is 4.09. The summed E-state index contributed by atoms with van der Waals surface area (Å²) in [6.45, 7) is 1.24. The number of rotatable bonds is 3. The van der Waals surface area contributed by atoms with Crippen LogP contribution in [-0.2, 0) is 11.3 Å². The van der Waals surface area contributed by atoms with Gasteiger partial charge in [0.25, 0.3) is 0 Å². The maximum Gasteiger partial charge on any atom is 0.340 e. The molecule has 0 spiro atoms. The van der Waals surface area contributed by atoms with Gasteiger partial charge in [-0.1, -0.05) is 0 Å². The van der Waals surface area contributed by atoms with Crippen LogP contribution in [0.1, 0.15) is 12.2 Å². The summed E-state index contributed by atoms with van der Waals surface area (Å²) >= 11 is 0. The molecule has 0 aromatic carbocycles. The molecule has 7 nitrogen and oxygen atoms in total. The fourth-order valence-corrected chi connectivity index (χ4v) is 1.94. The Balaban J connectivity index is 2.01. The molecule has 1 saturated heterocycles. The van der Waals surface area contributed by atoms with Crippen molar-refractivity contribution in [2.45, 2.75) is 19.0 Å². The zero-order valence-electron chi connectivity index (χ0n) is 9.36. The standard InChI is InChI=1S/C9H15N5O2/c1-13-4-3-6(8(13)15)14(2)5-7-10-9(16)12-11-7/h6H,3-5H2,1-2H3,(H2,10,11,12,16). The third-order valence-electron chi connectivity index (χ3n) is 2.88. The van der Waals surface area contributed by atoms with Crippen LogP contribution in [0.4, 0.5) is 0 Å². The van der Waals surface area contributed by atoms with Crippen molar-refractivity contribution in [1.82, 2.24) is 25.0 Å². The topological polar surface area (TPSA) is 85.1 Å². The predicted molar refractivity (Wildman–Crippen MR) is 56.7 cm³/mol. The van der Waals surface area contributed by atoms with Crippen LogP contribution in [0.25, 0.3) is 0 Å². The van der Waals surface area contributed by atoms with Gasteiger partial charge in [0.15, 0.2) is 0 Å². The first-order valence-electron chi connectivity index (χ1n) is 5.16. The molecule has 2 rings (SSSR count). The lowest BCUT2D eigenvalue weighted by Gasteiger charge is -2.21. The number of nitrogens with zero attached hydrogens (tertiary/aromatic N) is 3. The third kappa shape index (κ3) is 1.99. The molecule has 1 aromatic rings. The van der Waals surface area contributed by atoms with Gasteiger partial charge in [-0.25, -0.2) is 9.89 Å². The summed E-state index contributed by atoms with van der Waals surface area (Å²) in [7, 11) is 3.65. The molecular formula is C9H15N5O2. The van der Waals surface area contributed by atoms with E-state index in [0.29, 0.717) is 12.4 Å². The van der Waals surface area contributed by atoms with Crippen molar-refractivity contribution in [1.29, 1.82) is 0 Å². The molecule has 1 unspecified atom stereocenters. The van der Waals surface area contributed by atoms with Crippen LogP contribution < -0.4 is 5.69 Å². The molecular weight excluding hydrogens is 210 g/mol. The molecule has 2 heterocycles. The first-order chi connectivity index (χ1) is 7.58. The minimum atomic E-state index is -0.321. The average Bonchev–Trinajstić information content (AvgIpc) is 2.76. The van der Waals surface area contributed by atoms with Gasteiger partial charge in [-0.3, -0.25) is 14.7 Å². The van der Waals surface area contributed by atoms with Gasteiger partial charge in [-0.05, 0) is 13.5 Å². The molecule has 1 aliphatic heterocycles. The molecule has 7 heteroatoms. The van der Waals surface area contributed by atoms with Gasteiger partial charge in [0.1, 0.15) is 5.82 Å². The number of amides is 1. The van der Waals surface area contributed by atoms with E-state index in [0.717, 1.165) is 13.0 Å². The third-order valence-corrected chi connectivity index (χ3v) is 2.88. The Morgan fingerprint density at radius 3 is 2.81 bits per heavy atom. The molecule has 1 aromatic heterocycles. The number of likely N-dealkylation sites (N-methyl/N-ethyl adjacent to an activating group) is 2. The summed E-state index contributed by atoms with van der Waals surface area (Å²) in [5, 5.41) is 6.11. The highest BCUT2D eigenvalue weighted by molar-refractivity contribution is 5.83. The number of carbonyl (C=O) groups excluding carboxylic acids is 1. The molecule has 0 bridgehead atoms. The Bertz CT molecular complexity index is 437. The van der Waals surface area contributed by atoms with E-state index in [9.17, 15) is 9.59 Å². The highest BCUT2D eigenvalue weighted by Crippen LogP contribution is 2.15. The quantitative estimate of drug-likeness (QED) is 0.674. The Labute approximate surface area is 92.4 Å². The number of aromatic nitrogens is 3. The normalized spacial score (nSPS) is 21.1. The minimum Gasteiger partial charge on any atom is -0.344 e. The number of hydrogen-bond acceptors (Lipinski definition) is 4. The zero-order valence-corrected chi connectivity index (χ0v) is 9.36. The van der Waals surface area contributed by atoms with E-state index in [2.05, 4.69) is 15.2 Å². The van der Waals surface area contributed by atoms with Gasteiger partial charge < -0.3 is 4.90 Å². The first-order valence-corrected chi connectivity index (χ1v) is 5.16. The summed E-state index contributed by atoms with van der Waals surface area (Å²) in [5.74, 6) is 0.676. The van der Waals surface area contributed by atoms with Crippen molar-refractivity contribution in [3.63, 3.8) is 0 Å². The number of nitrogens with one attached hydrogen (secondary N) is 2. The zero-order chi connectivity index (χ0) is 11.7. The fourth-order valence-electron chi connectivity index (χ4n) is 1.94. The molecule has 1 aliphatic rings. The van der Waals surface area contributed by atoms with Gasteiger partial charge in [-0.2, -0.15) is 5.10 Å². The van der Waals surface area contributed by atoms with E-state index in [1.165, 1.54) is 0 Å². The molecule has 0 saturated carbocycles. The molecule has 88 valence electrons. The molecule has 1 atom stereocenters. The van der Waals surface area contributed by atoms with Crippen molar-refractivity contribution < 1.29 is 4.79 Å². The molecule has 0 aliphatic carbocycles. The lowest BCUT2D eigenvalue weighted by atomic mass is 10.2. The Morgan fingerprint density at radius 2 is 2.31 bits per heavy atom. The number of hydrogen-bond donors (Lipinski definition) is 2. The minimum absolute atomic E-state index is 0.106. The maximum absolute atomic E-state index is 11.7. The van der Waals surface area contributed by atoms with Crippen molar-refractivity contribution >= 4 is 5.91 Å². The van der Waals surface area contributed by atoms with Crippen LogP contribution in [0.2, 0.25) is 0 Å². The average molecular weight is 225 g/mol. The summed E-state index contributed by atoms with van der Waals surface area (Å²) in [6.07, 6.45) is 0.820. The Morgan fingerprint density at radius 1 is 1.56 bits per heavy atom. The lowest BCUT2D eigenvalue weighted by molar-refractivity contribution is -0.130. The molecule has 1 amide bonds. The van der Waals surface area contributed by atoms with Crippen LogP contribution in [0.5, 0.6) is 0 Å². The van der Waals surface area contributed by atoms with Crippen molar-refractivity contribution in [3.8, 4) is 0 Å². The molecule has 0 radical (unpaired) electrons. The monoisotopic (exact) mass is 225 g/mol. The van der Waals surface area contributed by atoms with Crippen LogP contribution in [0, 0.1) is 0 Å². The summed E-state index contributed by atoms with van der Waals surface area (Å²) in [5.41, 5.74) is -0.321. The second-order valence-electron chi connectivity index (χ2n) is 4.10. The predicted octanol–water partition coefficient (Wildman–Crippen LogP) is -1.24. The highest BCUT2D eigenvalue weighted by atomic mass is 16.2. The van der Waals surface area contributed by atoms with Crippen LogP contribution in [0.3, 0.4) is 0 Å². The van der Waals surface area contributed by atoms with E-state index in [-0.39, 0.29) is 17.6 Å². The Kier molecular flexibility index (Phi) is 2.78. The van der Waals surface area contributed by atoms with E-state index >= 15 is 0 Å². The first kappa shape index (κ1) is 10.9. The number of carbonyl (C=O) groups is 1. The molecule has 16 heavy (non-hydrogen) atoms. The number of likely N-dealkylation sites (tertiary alicyclic amines) is 1. The van der Waals surface area contributed by atoms with Crippen molar-refractivity contribution in [3.05, 3.63) is 16.3 Å². The number of aromatic amines is 2. The highest BCUT2D eigenvalue weighted by Gasteiger charge is 2.32. The van der Waals surface area contributed by atoms with Crippen LogP contribution in [0.15, 0.2) is 4.79 Å². The van der Waals surface area contributed by atoms with Crippen LogP contribution in [-0.4, -0.2) is 57.6 Å². The van der Waals surface area contributed by atoms with Crippen molar-refractivity contribution in [2.24, 2.45) is 0 Å². The largest absolute Gasteiger partial charge is 0.344 e. The second-order valence-corrected chi connectivity index (χ2v) is 4.10. The summed E-state index contributed by atoms with van der Waals surface area (Å²) in [6, 6.07) is -0.106. The smallest absolute Gasteiger partial charge is 0.340 e. The van der Waals surface area contributed by atoms with Gasteiger partial charge in [0, 0.05) is 13.6 Å². The van der Waals surface area contributed by atoms with E-state index in [4.69, 9.17) is 0 Å². The van der Waals surface area contributed by atoms with E-state index < -0.39 is 0 Å². The summed E-state index contributed by atoms with van der Waals surface area (Å²) < 4.78 is 0. The van der Waals surface area contributed by atoms with Gasteiger partial charge in [0.05, 0.1) is 12.6 Å². The lowest BCUT2D eigenvalue weighted by Crippen LogP contribution is -2.38. The molecule has 2 N–H and O–H groups in total. The number of H-pyrrole nitrogens is 2. The van der Waals surface area contributed by atoms with Crippen molar-refractivity contribution in [2.75, 3.05) is 20.6 Å². The summed E-state index contributed by atoms with van der Waals surface area (Å²) in [4.78, 5) is 28.8. The Hall–Kier alpha value is -1.63. The van der Waals surface area contributed by atoms with E-state index in [1.807, 2.05) is 11.9 Å².